The largest absolute Gasteiger partial charge is 0.378 e. The Morgan fingerprint density at radius 3 is 2.45 bits per heavy atom. The van der Waals surface area contributed by atoms with Crippen LogP contribution in [0.2, 0.25) is 0 Å². The fraction of sp³-hybridized carbons (Fsp3) is 1.00. The van der Waals surface area contributed by atoms with Gasteiger partial charge in [-0.05, 0) is 19.8 Å². The predicted octanol–water partition coefficient (Wildman–Crippen LogP) is 0.853. The van der Waals surface area contributed by atoms with Crippen molar-refractivity contribution in [3.8, 4) is 0 Å². The Bertz CT molecular complexity index is 218. The van der Waals surface area contributed by atoms with E-state index in [1.54, 1.807) is 0 Å². The highest BCUT2D eigenvalue weighted by atomic mass is 32.3. The van der Waals surface area contributed by atoms with E-state index < -0.39 is 15.5 Å². The monoisotopic (exact) mass is 182 g/mol. The molecule has 0 saturated heterocycles. The molecule has 1 aliphatic carbocycles. The van der Waals surface area contributed by atoms with Crippen LogP contribution in [0, 0.1) is 0 Å². The van der Waals surface area contributed by atoms with Crippen LogP contribution < -0.4 is 0 Å². The predicted molar refractivity (Wildman–Crippen MR) is 38.5 cm³/mol. The summed E-state index contributed by atoms with van der Waals surface area (Å²) in [6.07, 6.45) is 0.579. The highest BCUT2D eigenvalue weighted by Crippen LogP contribution is 2.30. The van der Waals surface area contributed by atoms with Crippen LogP contribution in [-0.2, 0) is 15.0 Å². The second kappa shape index (κ2) is 3.06. The van der Waals surface area contributed by atoms with Crippen LogP contribution in [0.3, 0.4) is 0 Å². The third-order valence-corrected chi connectivity index (χ3v) is 3.03. The summed E-state index contributed by atoms with van der Waals surface area (Å²) in [4.78, 5) is 0. The molecule has 0 radical (unpaired) electrons. The minimum atomic E-state index is -4.30. The summed E-state index contributed by atoms with van der Waals surface area (Å²) < 4.78 is 37.7. The van der Waals surface area contributed by atoms with Gasteiger partial charge in [-0.25, -0.2) is 0 Å². The van der Waals surface area contributed by atoms with Crippen molar-refractivity contribution < 1.29 is 17.0 Å². The molecule has 0 heterocycles. The summed E-state index contributed by atoms with van der Waals surface area (Å²) in [5.41, 5.74) is 0. The van der Waals surface area contributed by atoms with Crippen LogP contribution in [-0.4, -0.2) is 26.4 Å². The van der Waals surface area contributed by atoms with Crippen LogP contribution >= 0.6 is 0 Å². The topological polar surface area (TPSA) is 43.4 Å². The number of ether oxygens (including phenoxy) is 1. The summed E-state index contributed by atoms with van der Waals surface area (Å²) in [6.45, 7) is 2.39. The maximum atomic E-state index is 12.2. The molecule has 66 valence electrons. The van der Waals surface area contributed by atoms with E-state index in [0.29, 0.717) is 19.4 Å². The van der Waals surface area contributed by atoms with Crippen molar-refractivity contribution in [2.45, 2.75) is 31.1 Å². The fourth-order valence-corrected chi connectivity index (χ4v) is 2.01. The molecule has 1 fully saturated rings. The van der Waals surface area contributed by atoms with Gasteiger partial charge in [-0.3, -0.25) is 0 Å². The lowest BCUT2D eigenvalue weighted by atomic mass is 9.95. The first-order valence-corrected chi connectivity index (χ1v) is 5.03. The lowest BCUT2D eigenvalue weighted by Crippen LogP contribution is -2.39. The summed E-state index contributed by atoms with van der Waals surface area (Å²) >= 11 is 0. The van der Waals surface area contributed by atoms with E-state index in [9.17, 15) is 12.3 Å². The van der Waals surface area contributed by atoms with Gasteiger partial charge in [0.15, 0.2) is 0 Å². The number of hydrogen-bond acceptors (Lipinski definition) is 3. The van der Waals surface area contributed by atoms with Gasteiger partial charge in [0.05, 0.1) is 11.4 Å². The molecular formula is C6H11FO3S. The van der Waals surface area contributed by atoms with E-state index in [2.05, 4.69) is 0 Å². The zero-order valence-electron chi connectivity index (χ0n) is 6.29. The van der Waals surface area contributed by atoms with E-state index in [-0.39, 0.29) is 6.10 Å². The maximum absolute atomic E-state index is 12.2. The first kappa shape index (κ1) is 8.93. The standard InChI is InChI=1S/C6H11FO3S/c1-2-10-5-3-6(4-5)11(7,8)9/h5-6H,2-4H2,1H3. The van der Waals surface area contributed by atoms with E-state index in [1.165, 1.54) is 0 Å². The highest BCUT2D eigenvalue weighted by Gasteiger charge is 2.39. The maximum Gasteiger partial charge on any atom is 0.305 e. The fourth-order valence-electron chi connectivity index (χ4n) is 1.12. The zero-order valence-corrected chi connectivity index (χ0v) is 7.10. The Balaban J connectivity index is 2.30. The van der Waals surface area contributed by atoms with Crippen LogP contribution in [0.25, 0.3) is 0 Å². The molecule has 1 rings (SSSR count). The Hall–Kier alpha value is -0.160. The molecule has 0 spiro atoms. The van der Waals surface area contributed by atoms with Gasteiger partial charge in [0.2, 0.25) is 0 Å². The quantitative estimate of drug-likeness (QED) is 0.608. The Kier molecular flexibility index (Phi) is 2.49. The summed E-state index contributed by atoms with van der Waals surface area (Å²) in [5, 5.41) is -0.806. The van der Waals surface area contributed by atoms with Gasteiger partial charge in [-0.1, -0.05) is 0 Å². The average molecular weight is 182 g/mol. The molecular weight excluding hydrogens is 171 g/mol. The van der Waals surface area contributed by atoms with E-state index in [0.717, 1.165) is 0 Å². The van der Waals surface area contributed by atoms with Crippen molar-refractivity contribution in [1.29, 1.82) is 0 Å². The molecule has 0 aromatic rings. The third-order valence-electron chi connectivity index (χ3n) is 1.85. The van der Waals surface area contributed by atoms with Gasteiger partial charge in [0, 0.05) is 6.61 Å². The zero-order chi connectivity index (χ0) is 8.48. The van der Waals surface area contributed by atoms with Gasteiger partial charge < -0.3 is 4.74 Å². The van der Waals surface area contributed by atoms with Gasteiger partial charge in [0.1, 0.15) is 0 Å². The van der Waals surface area contributed by atoms with Crippen molar-refractivity contribution in [2.24, 2.45) is 0 Å². The van der Waals surface area contributed by atoms with Crippen molar-refractivity contribution >= 4 is 10.2 Å². The van der Waals surface area contributed by atoms with Gasteiger partial charge >= 0.3 is 10.2 Å². The SMILES string of the molecule is CCOC1CC(S(=O)(=O)F)C1. The van der Waals surface area contributed by atoms with Crippen LogP contribution in [0.5, 0.6) is 0 Å². The highest BCUT2D eigenvalue weighted by molar-refractivity contribution is 7.87. The molecule has 0 aromatic heterocycles. The van der Waals surface area contributed by atoms with Gasteiger partial charge in [-0.15, -0.1) is 3.89 Å². The molecule has 0 aromatic carbocycles. The van der Waals surface area contributed by atoms with Crippen molar-refractivity contribution in [3.63, 3.8) is 0 Å². The normalized spacial score (nSPS) is 31.5. The van der Waals surface area contributed by atoms with Crippen molar-refractivity contribution in [1.82, 2.24) is 0 Å². The second-order valence-corrected chi connectivity index (χ2v) is 4.26. The summed E-state index contributed by atoms with van der Waals surface area (Å²) in [7, 11) is -4.30. The lowest BCUT2D eigenvalue weighted by molar-refractivity contribution is 0.0114. The Labute approximate surface area is 65.8 Å². The summed E-state index contributed by atoms with van der Waals surface area (Å²) in [6, 6.07) is 0. The molecule has 0 aliphatic heterocycles. The molecule has 1 saturated carbocycles. The molecule has 3 nitrogen and oxygen atoms in total. The van der Waals surface area contributed by atoms with Crippen LogP contribution in [0.1, 0.15) is 19.8 Å². The number of halogens is 1. The van der Waals surface area contributed by atoms with E-state index >= 15 is 0 Å². The van der Waals surface area contributed by atoms with Gasteiger partial charge in [-0.2, -0.15) is 8.42 Å². The third kappa shape index (κ3) is 2.13. The smallest absolute Gasteiger partial charge is 0.305 e. The molecule has 1 aliphatic rings. The van der Waals surface area contributed by atoms with Crippen molar-refractivity contribution in [2.75, 3.05) is 6.61 Å². The number of rotatable bonds is 3. The van der Waals surface area contributed by atoms with E-state index in [1.807, 2.05) is 6.92 Å². The first-order valence-electron chi connectivity index (χ1n) is 3.59. The molecule has 0 bridgehead atoms. The summed E-state index contributed by atoms with van der Waals surface area (Å²) in [5.74, 6) is 0. The lowest BCUT2D eigenvalue weighted by Gasteiger charge is -2.31. The number of hydrogen-bond donors (Lipinski definition) is 0. The van der Waals surface area contributed by atoms with Crippen LogP contribution in [0.15, 0.2) is 0 Å². The first-order chi connectivity index (χ1) is 5.04. The minimum absolute atomic E-state index is 0.0458. The van der Waals surface area contributed by atoms with Gasteiger partial charge in [0.25, 0.3) is 0 Å². The molecule has 11 heavy (non-hydrogen) atoms. The second-order valence-electron chi connectivity index (χ2n) is 2.65. The minimum Gasteiger partial charge on any atom is -0.378 e. The van der Waals surface area contributed by atoms with Crippen molar-refractivity contribution in [3.05, 3.63) is 0 Å². The van der Waals surface area contributed by atoms with Crippen LogP contribution in [0.4, 0.5) is 3.89 Å². The van der Waals surface area contributed by atoms with E-state index in [4.69, 9.17) is 4.74 Å². The Morgan fingerprint density at radius 2 is 2.09 bits per heavy atom. The molecule has 0 N–H and O–H groups in total. The average Bonchev–Trinajstić information content (AvgIpc) is 1.74. The molecule has 5 heteroatoms. The molecule has 0 atom stereocenters. The Morgan fingerprint density at radius 1 is 1.55 bits per heavy atom. The molecule has 0 unspecified atom stereocenters. The molecule has 0 amide bonds.